The first-order chi connectivity index (χ1) is 28.5. The van der Waals surface area contributed by atoms with Gasteiger partial charge in [0.25, 0.3) is 0 Å². The zero-order valence-electron chi connectivity index (χ0n) is 31.6. The molecule has 6 heteroatoms. The minimum Gasteiger partial charge on any atom is -0.456 e. The van der Waals surface area contributed by atoms with Gasteiger partial charge >= 0.3 is 0 Å². The molecule has 4 aromatic heterocycles. The zero-order chi connectivity index (χ0) is 38.3. The number of hydrogen-bond donors (Lipinski definition) is 0. The maximum atomic E-state index is 6.35. The van der Waals surface area contributed by atoms with Crippen molar-refractivity contribution in [1.29, 1.82) is 0 Å². The van der Waals surface area contributed by atoms with Crippen LogP contribution in [0.3, 0.4) is 0 Å². The summed E-state index contributed by atoms with van der Waals surface area (Å²) in [6.07, 6.45) is 0. The Hall–Kier alpha value is -7.57. The minimum absolute atomic E-state index is 0.236. The van der Waals surface area contributed by atoms with E-state index in [-0.39, 0.29) is 5.41 Å². The van der Waals surface area contributed by atoms with Crippen molar-refractivity contribution in [2.24, 2.45) is 0 Å². The second kappa shape index (κ2) is 11.3. The molecular weight excluding hydrogens is 713 g/mol. The van der Waals surface area contributed by atoms with E-state index in [1.54, 1.807) is 0 Å². The van der Waals surface area contributed by atoms with E-state index in [0.29, 0.717) is 17.6 Å². The van der Waals surface area contributed by atoms with Crippen molar-refractivity contribution in [3.63, 3.8) is 0 Å². The van der Waals surface area contributed by atoms with Crippen LogP contribution in [0.5, 0.6) is 0 Å². The monoisotopic (exact) mass is 744 g/mol. The zero-order valence-corrected chi connectivity index (χ0v) is 31.6. The van der Waals surface area contributed by atoms with Gasteiger partial charge in [-0.25, -0.2) is 4.98 Å². The quantitative estimate of drug-likeness (QED) is 0.180. The molecule has 0 amide bonds. The molecule has 0 fully saturated rings. The summed E-state index contributed by atoms with van der Waals surface area (Å²) in [6.45, 7) is 4.70. The molecule has 13 rings (SSSR count). The summed E-state index contributed by atoms with van der Waals surface area (Å²) in [5.41, 5.74) is 12.0. The summed E-state index contributed by atoms with van der Waals surface area (Å²) >= 11 is 0. The molecule has 12 aromatic rings. The molecule has 1 aliphatic carbocycles. The van der Waals surface area contributed by atoms with E-state index < -0.39 is 0 Å². The molecule has 0 atom stereocenters. The third-order valence-corrected chi connectivity index (χ3v) is 12.4. The molecule has 0 radical (unpaired) electrons. The molecule has 0 aliphatic heterocycles. The number of fused-ring (bicyclic) bond motifs is 14. The van der Waals surface area contributed by atoms with E-state index in [0.717, 1.165) is 76.8 Å². The van der Waals surface area contributed by atoms with Crippen LogP contribution in [-0.2, 0) is 5.41 Å². The van der Waals surface area contributed by atoms with Crippen molar-refractivity contribution in [2.75, 3.05) is 0 Å². The third-order valence-electron chi connectivity index (χ3n) is 12.4. The maximum Gasteiger partial charge on any atom is 0.238 e. The number of hydrogen-bond acceptors (Lipinski definition) is 5. The van der Waals surface area contributed by atoms with Gasteiger partial charge in [-0.2, -0.15) is 9.97 Å². The highest BCUT2D eigenvalue weighted by molar-refractivity contribution is 6.12. The largest absolute Gasteiger partial charge is 0.456 e. The molecule has 4 heterocycles. The summed E-state index contributed by atoms with van der Waals surface area (Å²) in [7, 11) is 0. The lowest BCUT2D eigenvalue weighted by Crippen LogP contribution is -2.15. The summed E-state index contributed by atoms with van der Waals surface area (Å²) < 4.78 is 14.9. The van der Waals surface area contributed by atoms with Crippen molar-refractivity contribution in [3.05, 3.63) is 169 Å². The fourth-order valence-corrected chi connectivity index (χ4v) is 9.73. The Balaban J connectivity index is 1.08. The number of nitrogens with zero attached hydrogens (tertiary/aromatic N) is 4. The van der Waals surface area contributed by atoms with Crippen LogP contribution < -0.4 is 0 Å². The van der Waals surface area contributed by atoms with Crippen LogP contribution in [0.25, 0.3) is 116 Å². The molecular formula is C52H32N4O2. The van der Waals surface area contributed by atoms with Crippen molar-refractivity contribution in [2.45, 2.75) is 19.3 Å². The summed E-state index contributed by atoms with van der Waals surface area (Å²) in [5, 5.41) is 9.12. The lowest BCUT2D eigenvalue weighted by molar-refractivity contribution is 0.666. The summed E-state index contributed by atoms with van der Waals surface area (Å²) in [4.78, 5) is 15.8. The van der Waals surface area contributed by atoms with Gasteiger partial charge in [0.05, 0.1) is 11.0 Å². The highest BCUT2D eigenvalue weighted by Gasteiger charge is 2.38. The molecule has 0 bridgehead atoms. The maximum absolute atomic E-state index is 6.35. The highest BCUT2D eigenvalue weighted by Crippen LogP contribution is 2.53. The van der Waals surface area contributed by atoms with E-state index in [1.807, 2.05) is 48.5 Å². The van der Waals surface area contributed by atoms with E-state index in [1.165, 1.54) is 33.0 Å². The van der Waals surface area contributed by atoms with Gasteiger partial charge in [-0.1, -0.05) is 117 Å². The van der Waals surface area contributed by atoms with Gasteiger partial charge in [-0.05, 0) is 87.6 Å². The molecule has 0 saturated carbocycles. The van der Waals surface area contributed by atoms with Gasteiger partial charge in [-0.3, -0.25) is 4.57 Å². The highest BCUT2D eigenvalue weighted by atomic mass is 16.3. The van der Waals surface area contributed by atoms with Gasteiger partial charge in [0.1, 0.15) is 22.3 Å². The van der Waals surface area contributed by atoms with Gasteiger partial charge in [0.15, 0.2) is 11.6 Å². The van der Waals surface area contributed by atoms with E-state index in [2.05, 4.69) is 128 Å². The Bertz CT molecular complexity index is 3600. The number of benzene rings is 8. The summed E-state index contributed by atoms with van der Waals surface area (Å²) in [5.74, 6) is 1.65. The Labute approximate surface area is 331 Å². The smallest absolute Gasteiger partial charge is 0.238 e. The van der Waals surface area contributed by atoms with Crippen LogP contribution in [0, 0.1) is 0 Å². The van der Waals surface area contributed by atoms with Crippen LogP contribution in [-0.4, -0.2) is 19.5 Å². The first kappa shape index (κ1) is 31.6. The standard InChI is InChI=1S/C52H32N4O2/c1-52(2)41-28-43-40(27-39(41)38-24-19-29-11-3-4-12-32(29)48(38)52)33-13-5-8-16-42(33)56(43)51-54-49(30-20-22-36-34-14-6-9-17-44(34)57-46(36)25-30)53-50(55-51)31-21-23-37-35-15-7-10-18-45(35)58-47(37)26-31/h3-28H,1-2H3. The second-order valence-corrected chi connectivity index (χ2v) is 16.0. The normalized spacial score (nSPS) is 13.5. The van der Waals surface area contributed by atoms with Gasteiger partial charge < -0.3 is 8.83 Å². The molecule has 0 unspecified atom stereocenters. The van der Waals surface area contributed by atoms with Crippen molar-refractivity contribution in [1.82, 2.24) is 19.5 Å². The fourth-order valence-electron chi connectivity index (χ4n) is 9.73. The predicted molar refractivity (Wildman–Crippen MR) is 235 cm³/mol. The number of aromatic nitrogens is 4. The van der Waals surface area contributed by atoms with Crippen molar-refractivity contribution < 1.29 is 8.83 Å². The Kier molecular flexibility index (Phi) is 6.14. The van der Waals surface area contributed by atoms with E-state index in [4.69, 9.17) is 23.8 Å². The average molecular weight is 745 g/mol. The predicted octanol–water partition coefficient (Wildman–Crippen LogP) is 13.6. The van der Waals surface area contributed by atoms with Crippen LogP contribution in [0.4, 0.5) is 0 Å². The lowest BCUT2D eigenvalue weighted by Gasteiger charge is -2.23. The first-order valence-corrected chi connectivity index (χ1v) is 19.7. The van der Waals surface area contributed by atoms with Gasteiger partial charge in [0, 0.05) is 48.9 Å². The Morgan fingerprint density at radius 3 is 1.67 bits per heavy atom. The average Bonchev–Trinajstić information content (AvgIpc) is 3.98. The van der Waals surface area contributed by atoms with Crippen LogP contribution >= 0.6 is 0 Å². The minimum atomic E-state index is -0.236. The van der Waals surface area contributed by atoms with Crippen molar-refractivity contribution in [3.8, 4) is 39.9 Å². The summed E-state index contributed by atoms with van der Waals surface area (Å²) in [6, 6.07) is 55.4. The molecule has 1 aliphatic rings. The third kappa shape index (κ3) is 4.29. The van der Waals surface area contributed by atoms with Gasteiger partial charge in [0.2, 0.25) is 5.95 Å². The molecule has 8 aromatic carbocycles. The Morgan fingerprint density at radius 1 is 0.431 bits per heavy atom. The first-order valence-electron chi connectivity index (χ1n) is 19.7. The second-order valence-electron chi connectivity index (χ2n) is 16.0. The number of furan rings is 2. The fraction of sp³-hybridized carbons (Fsp3) is 0.0577. The lowest BCUT2D eigenvalue weighted by atomic mass is 9.80. The van der Waals surface area contributed by atoms with Gasteiger partial charge in [-0.15, -0.1) is 0 Å². The molecule has 0 N–H and O–H groups in total. The number of rotatable bonds is 3. The molecule has 0 spiro atoms. The SMILES string of the molecule is CC1(C)c2cc3c(cc2-c2ccc4ccccc4c21)c1ccccc1n3-c1nc(-c2ccc3c(c2)oc2ccccc23)nc(-c2ccc3c(c2)oc2ccccc23)n1. The van der Waals surface area contributed by atoms with Crippen LogP contribution in [0.2, 0.25) is 0 Å². The molecule has 0 saturated heterocycles. The van der Waals surface area contributed by atoms with Crippen LogP contribution in [0.15, 0.2) is 167 Å². The topological polar surface area (TPSA) is 69.9 Å². The van der Waals surface area contributed by atoms with E-state index in [9.17, 15) is 0 Å². The molecule has 58 heavy (non-hydrogen) atoms. The van der Waals surface area contributed by atoms with Crippen LogP contribution in [0.1, 0.15) is 25.0 Å². The molecule has 6 nitrogen and oxygen atoms in total. The van der Waals surface area contributed by atoms with Crippen molar-refractivity contribution >= 4 is 76.5 Å². The molecule has 272 valence electrons. The number of para-hydroxylation sites is 3. The van der Waals surface area contributed by atoms with E-state index >= 15 is 0 Å². The Morgan fingerprint density at radius 2 is 1.00 bits per heavy atom.